The number of halogens is 2. The summed E-state index contributed by atoms with van der Waals surface area (Å²) >= 11 is 5.82. The molecule has 1 heterocycles. The number of carbonyl (C=O) groups is 3. The van der Waals surface area contributed by atoms with Crippen LogP contribution < -0.4 is 20.7 Å². The van der Waals surface area contributed by atoms with E-state index < -0.39 is 40.1 Å². The summed E-state index contributed by atoms with van der Waals surface area (Å²) in [5.41, 5.74) is -0.738. The second-order valence-electron chi connectivity index (χ2n) is 9.35. The Morgan fingerprint density at radius 1 is 1.00 bits per heavy atom. The predicted molar refractivity (Wildman–Crippen MR) is 150 cm³/mol. The Balaban J connectivity index is 1.78. The van der Waals surface area contributed by atoms with Gasteiger partial charge in [-0.2, -0.15) is 0 Å². The summed E-state index contributed by atoms with van der Waals surface area (Å²) in [6, 6.07) is 10.7. The topological polar surface area (TPSA) is 136 Å². The lowest BCUT2D eigenvalue weighted by molar-refractivity contribution is 0.0519. The summed E-state index contributed by atoms with van der Waals surface area (Å²) in [5.74, 6) is -1.81. The fraction of sp³-hybridized carbons (Fsp3) is 0.259. The highest BCUT2D eigenvalue weighted by atomic mass is 35.5. The van der Waals surface area contributed by atoms with E-state index in [0.29, 0.717) is 9.92 Å². The summed E-state index contributed by atoms with van der Waals surface area (Å²) in [5, 5.41) is 8.04. The van der Waals surface area contributed by atoms with Crippen molar-refractivity contribution in [3.05, 3.63) is 76.7 Å². The second kappa shape index (κ2) is 13.4. The molecule has 0 saturated heterocycles. The molecule has 0 bridgehead atoms. The van der Waals surface area contributed by atoms with Crippen LogP contribution in [0, 0.1) is 5.82 Å². The summed E-state index contributed by atoms with van der Waals surface area (Å²) in [6.07, 6.45) is 2.18. The maximum atomic E-state index is 14.1. The molecule has 0 saturated carbocycles. The van der Waals surface area contributed by atoms with Crippen molar-refractivity contribution >= 4 is 51.8 Å². The van der Waals surface area contributed by atoms with Gasteiger partial charge in [0.15, 0.2) is 0 Å². The SMILES string of the molecule is CS(=O)c1ccc(C(=O)Nc2ccc(F)cc2C(=O)Nc2ccc(Cl)cn2)c(OCCNC(=O)OC(C)(C)C)c1. The van der Waals surface area contributed by atoms with Crippen LogP contribution in [0.4, 0.5) is 20.7 Å². The van der Waals surface area contributed by atoms with Gasteiger partial charge < -0.3 is 25.4 Å². The Morgan fingerprint density at radius 2 is 1.73 bits per heavy atom. The molecule has 1 aromatic heterocycles. The molecule has 0 spiro atoms. The van der Waals surface area contributed by atoms with Crippen LogP contribution in [0.3, 0.4) is 0 Å². The summed E-state index contributed by atoms with van der Waals surface area (Å²) < 4.78 is 37.0. The third-order valence-corrected chi connectivity index (χ3v) is 6.14. The molecule has 3 amide bonds. The summed E-state index contributed by atoms with van der Waals surface area (Å²) in [7, 11) is -1.37. The number of hydrogen-bond acceptors (Lipinski definition) is 7. The molecule has 3 N–H and O–H groups in total. The minimum absolute atomic E-state index is 0.0264. The first-order chi connectivity index (χ1) is 18.8. The van der Waals surface area contributed by atoms with Crippen LogP contribution >= 0.6 is 11.6 Å². The van der Waals surface area contributed by atoms with E-state index in [4.69, 9.17) is 21.1 Å². The molecule has 0 aliphatic heterocycles. The summed E-state index contributed by atoms with van der Waals surface area (Å²) in [6.45, 7) is 5.23. The van der Waals surface area contributed by atoms with Gasteiger partial charge in [-0.1, -0.05) is 11.6 Å². The molecule has 212 valence electrons. The first-order valence-corrected chi connectivity index (χ1v) is 13.9. The van der Waals surface area contributed by atoms with Crippen LogP contribution in [0.25, 0.3) is 0 Å². The lowest BCUT2D eigenvalue weighted by Gasteiger charge is -2.20. The van der Waals surface area contributed by atoms with Crippen LogP contribution in [0.2, 0.25) is 5.02 Å². The molecule has 3 aromatic rings. The standard InChI is InChI=1S/C27H28ClFN4O6S/c1-27(2,3)39-26(36)30-11-12-38-22-14-18(40(4)37)7-8-19(22)24(34)32-21-9-6-17(29)13-20(21)25(35)33-23-10-5-16(28)15-31-23/h5-10,13-15H,11-12H2,1-4H3,(H,30,36)(H,32,34)(H,31,33,35). The Kier molecular flexibility index (Phi) is 10.2. The van der Waals surface area contributed by atoms with E-state index in [9.17, 15) is 23.0 Å². The highest BCUT2D eigenvalue weighted by Gasteiger charge is 2.20. The number of ether oxygens (including phenoxy) is 2. The highest BCUT2D eigenvalue weighted by Crippen LogP contribution is 2.25. The number of anilines is 2. The molecule has 10 nitrogen and oxygen atoms in total. The molecule has 0 aliphatic carbocycles. The number of aromatic nitrogens is 1. The molecule has 2 aromatic carbocycles. The van der Waals surface area contributed by atoms with E-state index in [1.807, 2.05) is 0 Å². The van der Waals surface area contributed by atoms with Crippen molar-refractivity contribution in [2.75, 3.05) is 30.0 Å². The van der Waals surface area contributed by atoms with Gasteiger partial charge >= 0.3 is 6.09 Å². The number of carbonyl (C=O) groups excluding carboxylic acids is 3. The quantitative estimate of drug-likeness (QED) is 0.298. The molecule has 0 fully saturated rings. The molecule has 1 unspecified atom stereocenters. The molecule has 13 heteroatoms. The number of alkyl carbamates (subject to hydrolysis) is 1. The third-order valence-electron chi connectivity index (χ3n) is 5.00. The molecular weight excluding hydrogens is 563 g/mol. The second-order valence-corrected chi connectivity index (χ2v) is 11.2. The zero-order valence-electron chi connectivity index (χ0n) is 22.2. The molecule has 0 radical (unpaired) electrons. The van der Waals surface area contributed by atoms with Crippen molar-refractivity contribution in [3.63, 3.8) is 0 Å². The van der Waals surface area contributed by atoms with Gasteiger partial charge in [-0.25, -0.2) is 14.2 Å². The largest absolute Gasteiger partial charge is 0.491 e. The zero-order valence-corrected chi connectivity index (χ0v) is 23.7. The number of amides is 3. The monoisotopic (exact) mass is 590 g/mol. The Morgan fingerprint density at radius 3 is 2.38 bits per heavy atom. The van der Waals surface area contributed by atoms with Gasteiger partial charge in [-0.15, -0.1) is 0 Å². The maximum absolute atomic E-state index is 14.1. The van der Waals surface area contributed by atoms with E-state index in [1.165, 1.54) is 48.9 Å². The molecule has 1 atom stereocenters. The molecule has 40 heavy (non-hydrogen) atoms. The number of nitrogens with zero attached hydrogens (tertiary/aromatic N) is 1. The highest BCUT2D eigenvalue weighted by molar-refractivity contribution is 7.84. The van der Waals surface area contributed by atoms with Crippen LogP contribution in [0.15, 0.2) is 59.6 Å². The Hall–Kier alpha value is -4.03. The lowest BCUT2D eigenvalue weighted by atomic mass is 10.1. The fourth-order valence-electron chi connectivity index (χ4n) is 3.25. The van der Waals surface area contributed by atoms with Crippen molar-refractivity contribution in [1.82, 2.24) is 10.3 Å². The normalized spacial score (nSPS) is 11.8. The molecule has 0 aliphatic rings. The van der Waals surface area contributed by atoms with Crippen LogP contribution in [-0.2, 0) is 15.5 Å². The van der Waals surface area contributed by atoms with Crippen LogP contribution in [0.1, 0.15) is 41.5 Å². The predicted octanol–water partition coefficient (Wildman–Crippen LogP) is 5.02. The smallest absolute Gasteiger partial charge is 0.407 e. The minimum atomic E-state index is -1.37. The van der Waals surface area contributed by atoms with Crippen molar-refractivity contribution < 1.29 is 32.5 Å². The van der Waals surface area contributed by atoms with E-state index in [2.05, 4.69) is 20.9 Å². The van der Waals surface area contributed by atoms with Gasteiger partial charge in [0.1, 0.15) is 29.6 Å². The van der Waals surface area contributed by atoms with E-state index >= 15 is 0 Å². The molecule has 3 rings (SSSR count). The summed E-state index contributed by atoms with van der Waals surface area (Å²) in [4.78, 5) is 42.4. The minimum Gasteiger partial charge on any atom is -0.491 e. The first kappa shape index (κ1) is 30.5. The number of hydrogen-bond donors (Lipinski definition) is 3. The van der Waals surface area contributed by atoms with Crippen LogP contribution in [0.5, 0.6) is 5.75 Å². The van der Waals surface area contributed by atoms with Crippen molar-refractivity contribution in [1.29, 1.82) is 0 Å². The first-order valence-electron chi connectivity index (χ1n) is 11.9. The average molecular weight is 591 g/mol. The van der Waals surface area contributed by atoms with Gasteiger partial charge in [0.05, 0.1) is 28.4 Å². The van der Waals surface area contributed by atoms with Crippen molar-refractivity contribution in [2.45, 2.75) is 31.3 Å². The number of nitrogens with one attached hydrogen (secondary N) is 3. The van der Waals surface area contributed by atoms with Gasteiger partial charge in [-0.3, -0.25) is 13.8 Å². The van der Waals surface area contributed by atoms with Gasteiger partial charge in [-0.05, 0) is 69.3 Å². The average Bonchev–Trinajstić information content (AvgIpc) is 2.87. The third kappa shape index (κ3) is 9.02. The number of benzene rings is 2. The van der Waals surface area contributed by atoms with Gasteiger partial charge in [0.2, 0.25) is 0 Å². The van der Waals surface area contributed by atoms with Gasteiger partial charge in [0.25, 0.3) is 11.8 Å². The van der Waals surface area contributed by atoms with Gasteiger partial charge in [0, 0.05) is 28.1 Å². The maximum Gasteiger partial charge on any atom is 0.407 e. The Bertz CT molecular complexity index is 1430. The Labute approximate surface area is 238 Å². The fourth-order valence-corrected chi connectivity index (χ4v) is 3.90. The van der Waals surface area contributed by atoms with E-state index in [1.54, 1.807) is 20.8 Å². The lowest BCUT2D eigenvalue weighted by Crippen LogP contribution is -2.34. The van der Waals surface area contributed by atoms with Crippen molar-refractivity contribution in [2.24, 2.45) is 0 Å². The number of rotatable bonds is 9. The van der Waals surface area contributed by atoms with E-state index in [-0.39, 0.29) is 41.5 Å². The van der Waals surface area contributed by atoms with Crippen molar-refractivity contribution in [3.8, 4) is 5.75 Å². The molecular formula is C27H28ClFN4O6S. The zero-order chi connectivity index (χ0) is 29.4. The number of pyridine rings is 1. The van der Waals surface area contributed by atoms with E-state index in [0.717, 1.165) is 12.1 Å². The van der Waals surface area contributed by atoms with Crippen LogP contribution in [-0.4, -0.2) is 52.1 Å².